The Balaban J connectivity index is 1.94. The third-order valence-corrected chi connectivity index (χ3v) is 3.90. The third kappa shape index (κ3) is 2.77. The maximum atomic E-state index is 9.89. The van der Waals surface area contributed by atoms with Gasteiger partial charge in [-0.3, -0.25) is 0 Å². The molecule has 0 aliphatic carbocycles. The van der Waals surface area contributed by atoms with Gasteiger partial charge in [0.1, 0.15) is 5.60 Å². The monoisotopic (exact) mass is 239 g/mol. The summed E-state index contributed by atoms with van der Waals surface area (Å²) >= 11 is 1.64. The number of β-amino-alcohol motifs (C(OH)–C–C–N with tert-alkyl or cyclic N) is 1. The fraction of sp³-hybridized carbons (Fsp3) is 0.500. The first kappa shape index (κ1) is 11.9. The average molecular weight is 239 g/mol. The third-order valence-electron chi connectivity index (χ3n) is 2.85. The number of hydrogen-bond donors (Lipinski definition) is 2. The van der Waals surface area contributed by atoms with Crippen molar-refractivity contribution >= 4 is 11.9 Å². The van der Waals surface area contributed by atoms with E-state index in [1.807, 2.05) is 0 Å². The standard InChI is InChI=1S/C12H17NO2S/c1-10-2-4-11(5-3-10)16-13-7-6-12(15,8-13)9-14/h2-5,14-15H,6-9H2,1H3. The van der Waals surface area contributed by atoms with Gasteiger partial charge in [0.2, 0.25) is 0 Å². The van der Waals surface area contributed by atoms with E-state index in [-0.39, 0.29) is 6.61 Å². The highest BCUT2D eigenvalue weighted by Gasteiger charge is 2.35. The van der Waals surface area contributed by atoms with Crippen molar-refractivity contribution in [1.82, 2.24) is 4.31 Å². The summed E-state index contributed by atoms with van der Waals surface area (Å²) in [4.78, 5) is 1.17. The highest BCUT2D eigenvalue weighted by atomic mass is 32.2. The number of aryl methyl sites for hydroxylation is 1. The number of benzene rings is 1. The Kier molecular flexibility index (Phi) is 3.54. The molecule has 1 aliphatic rings. The van der Waals surface area contributed by atoms with E-state index in [1.165, 1.54) is 10.5 Å². The van der Waals surface area contributed by atoms with Crippen LogP contribution in [0.25, 0.3) is 0 Å². The highest BCUT2D eigenvalue weighted by Crippen LogP contribution is 2.31. The van der Waals surface area contributed by atoms with Gasteiger partial charge >= 0.3 is 0 Å². The second-order valence-corrected chi connectivity index (χ2v) is 5.57. The lowest BCUT2D eigenvalue weighted by molar-refractivity contribution is -0.000268. The molecule has 1 atom stereocenters. The molecule has 1 aliphatic heterocycles. The Morgan fingerprint density at radius 1 is 1.38 bits per heavy atom. The molecule has 0 spiro atoms. The summed E-state index contributed by atoms with van der Waals surface area (Å²) < 4.78 is 2.10. The summed E-state index contributed by atoms with van der Waals surface area (Å²) in [5.41, 5.74) is 0.343. The second kappa shape index (κ2) is 4.75. The van der Waals surface area contributed by atoms with E-state index in [9.17, 15) is 5.11 Å². The minimum absolute atomic E-state index is 0.155. The highest BCUT2D eigenvalue weighted by molar-refractivity contribution is 7.97. The Morgan fingerprint density at radius 2 is 2.06 bits per heavy atom. The van der Waals surface area contributed by atoms with Gasteiger partial charge in [-0.2, -0.15) is 0 Å². The average Bonchev–Trinajstić information content (AvgIpc) is 2.65. The van der Waals surface area contributed by atoms with Crippen molar-refractivity contribution in [3.63, 3.8) is 0 Å². The number of rotatable bonds is 3. The molecule has 4 heteroatoms. The van der Waals surface area contributed by atoms with Crippen LogP contribution in [0.3, 0.4) is 0 Å². The minimum atomic E-state index is -0.905. The van der Waals surface area contributed by atoms with Gasteiger partial charge < -0.3 is 10.2 Å². The van der Waals surface area contributed by atoms with Gasteiger partial charge in [0.25, 0.3) is 0 Å². The Bertz CT molecular complexity index is 355. The summed E-state index contributed by atoms with van der Waals surface area (Å²) in [6, 6.07) is 8.32. The van der Waals surface area contributed by atoms with E-state index in [0.717, 1.165) is 6.54 Å². The Hall–Kier alpha value is -0.550. The fourth-order valence-corrected chi connectivity index (χ4v) is 2.82. The second-order valence-electron chi connectivity index (χ2n) is 4.40. The van der Waals surface area contributed by atoms with Crippen LogP contribution in [-0.2, 0) is 0 Å². The van der Waals surface area contributed by atoms with E-state index >= 15 is 0 Å². The zero-order valence-corrected chi connectivity index (χ0v) is 10.2. The van der Waals surface area contributed by atoms with Crippen LogP contribution in [0, 0.1) is 6.92 Å². The van der Waals surface area contributed by atoms with Crippen molar-refractivity contribution in [2.75, 3.05) is 19.7 Å². The first-order chi connectivity index (χ1) is 7.61. The predicted molar refractivity (Wildman–Crippen MR) is 65.3 cm³/mol. The van der Waals surface area contributed by atoms with Crippen LogP contribution < -0.4 is 0 Å². The summed E-state index contributed by atoms with van der Waals surface area (Å²) in [6.07, 6.45) is 0.641. The van der Waals surface area contributed by atoms with Gasteiger partial charge in [0.15, 0.2) is 0 Å². The van der Waals surface area contributed by atoms with Crippen LogP contribution in [0.1, 0.15) is 12.0 Å². The molecule has 0 saturated carbocycles. The molecule has 1 fully saturated rings. The first-order valence-electron chi connectivity index (χ1n) is 5.44. The van der Waals surface area contributed by atoms with Crippen LogP contribution in [0.4, 0.5) is 0 Å². The molecule has 0 bridgehead atoms. The lowest BCUT2D eigenvalue weighted by Crippen LogP contribution is -2.35. The van der Waals surface area contributed by atoms with Crippen molar-refractivity contribution < 1.29 is 10.2 Å². The number of nitrogens with zero attached hydrogens (tertiary/aromatic N) is 1. The quantitative estimate of drug-likeness (QED) is 0.783. The number of aliphatic hydroxyl groups is 2. The van der Waals surface area contributed by atoms with E-state index in [4.69, 9.17) is 5.11 Å². The molecule has 88 valence electrons. The largest absolute Gasteiger partial charge is 0.393 e. The molecule has 0 amide bonds. The normalized spacial score (nSPS) is 26.2. The van der Waals surface area contributed by atoms with Crippen LogP contribution in [-0.4, -0.2) is 39.8 Å². The summed E-state index contributed by atoms with van der Waals surface area (Å²) in [7, 11) is 0. The molecule has 1 heterocycles. The maximum Gasteiger partial charge on any atom is 0.102 e. The molecule has 1 aromatic rings. The van der Waals surface area contributed by atoms with Crippen molar-refractivity contribution in [2.45, 2.75) is 23.8 Å². The van der Waals surface area contributed by atoms with Gasteiger partial charge in [-0.05, 0) is 37.4 Å². The molecule has 1 unspecified atom stereocenters. The molecule has 2 N–H and O–H groups in total. The van der Waals surface area contributed by atoms with Crippen LogP contribution >= 0.6 is 11.9 Å². The molecular formula is C12H17NO2S. The van der Waals surface area contributed by atoms with Crippen molar-refractivity contribution in [3.05, 3.63) is 29.8 Å². The summed E-state index contributed by atoms with van der Waals surface area (Å²) in [5, 5.41) is 18.9. The van der Waals surface area contributed by atoms with Gasteiger partial charge in [0, 0.05) is 18.0 Å². The molecule has 0 radical (unpaired) electrons. The molecular weight excluding hydrogens is 222 g/mol. The zero-order chi connectivity index (χ0) is 11.6. The van der Waals surface area contributed by atoms with E-state index in [1.54, 1.807) is 11.9 Å². The van der Waals surface area contributed by atoms with Crippen LogP contribution in [0.5, 0.6) is 0 Å². The molecule has 16 heavy (non-hydrogen) atoms. The van der Waals surface area contributed by atoms with Gasteiger partial charge in [-0.25, -0.2) is 4.31 Å². The smallest absolute Gasteiger partial charge is 0.102 e. The lowest BCUT2D eigenvalue weighted by Gasteiger charge is -2.20. The van der Waals surface area contributed by atoms with Gasteiger partial charge in [-0.1, -0.05) is 17.7 Å². The molecule has 1 aromatic carbocycles. The van der Waals surface area contributed by atoms with Crippen LogP contribution in [0.15, 0.2) is 29.2 Å². The minimum Gasteiger partial charge on any atom is -0.393 e. The summed E-state index contributed by atoms with van der Waals surface area (Å²) in [5.74, 6) is 0. The van der Waals surface area contributed by atoms with E-state index < -0.39 is 5.60 Å². The van der Waals surface area contributed by atoms with Gasteiger partial charge in [-0.15, -0.1) is 0 Å². The van der Waals surface area contributed by atoms with E-state index in [2.05, 4.69) is 35.5 Å². The maximum absolute atomic E-state index is 9.89. The van der Waals surface area contributed by atoms with Crippen molar-refractivity contribution in [2.24, 2.45) is 0 Å². The van der Waals surface area contributed by atoms with E-state index in [0.29, 0.717) is 13.0 Å². The van der Waals surface area contributed by atoms with Gasteiger partial charge in [0.05, 0.1) is 6.61 Å². The molecule has 0 aromatic heterocycles. The predicted octanol–water partition coefficient (Wildman–Crippen LogP) is 1.43. The summed E-state index contributed by atoms with van der Waals surface area (Å²) in [6.45, 7) is 3.25. The van der Waals surface area contributed by atoms with Crippen LogP contribution in [0.2, 0.25) is 0 Å². The topological polar surface area (TPSA) is 43.7 Å². The Morgan fingerprint density at radius 3 is 2.62 bits per heavy atom. The lowest BCUT2D eigenvalue weighted by atomic mass is 10.1. The fourth-order valence-electron chi connectivity index (χ4n) is 1.77. The number of hydrogen-bond acceptors (Lipinski definition) is 4. The van der Waals surface area contributed by atoms with Crippen molar-refractivity contribution in [1.29, 1.82) is 0 Å². The molecule has 2 rings (SSSR count). The first-order valence-corrected chi connectivity index (χ1v) is 6.21. The Labute approximate surface area is 100 Å². The number of aliphatic hydroxyl groups excluding tert-OH is 1. The van der Waals surface area contributed by atoms with Crippen molar-refractivity contribution in [3.8, 4) is 0 Å². The SMILES string of the molecule is Cc1ccc(SN2CCC(O)(CO)C2)cc1. The zero-order valence-electron chi connectivity index (χ0n) is 9.39. The molecule has 3 nitrogen and oxygen atoms in total. The molecule has 1 saturated heterocycles.